The predicted octanol–water partition coefficient (Wildman–Crippen LogP) is 6.23. The van der Waals surface area contributed by atoms with Gasteiger partial charge in [0.05, 0.1) is 0 Å². The lowest BCUT2D eigenvalue weighted by atomic mass is 9.84. The molecule has 6 N–H and O–H groups in total. The van der Waals surface area contributed by atoms with Gasteiger partial charge in [-0.3, -0.25) is 9.59 Å². The lowest BCUT2D eigenvalue weighted by molar-refractivity contribution is 0.0594. The number of hydrogen-bond donors (Lipinski definition) is 4. The molecule has 0 radical (unpaired) electrons. The molecule has 0 aliphatic carbocycles. The van der Waals surface area contributed by atoms with E-state index in [1.165, 1.54) is 0 Å². The van der Waals surface area contributed by atoms with Crippen LogP contribution in [0.5, 0.6) is 0 Å². The van der Waals surface area contributed by atoms with Crippen LogP contribution in [0.2, 0.25) is 0 Å². The van der Waals surface area contributed by atoms with E-state index in [9.17, 15) is 9.59 Å². The molecule has 0 unspecified atom stereocenters. The van der Waals surface area contributed by atoms with Crippen LogP contribution in [0, 0.1) is 0 Å². The van der Waals surface area contributed by atoms with Gasteiger partial charge in [-0.25, -0.2) is 0 Å². The summed E-state index contributed by atoms with van der Waals surface area (Å²) in [6, 6.07) is 26.7. The number of nitrogens with one attached hydrogen (secondary N) is 2. The number of carbonyl (C=O) groups excluding carboxylic acids is 2. The van der Waals surface area contributed by atoms with Gasteiger partial charge in [0, 0.05) is 11.1 Å². The molecular formula is C33H40N4O2. The van der Waals surface area contributed by atoms with Gasteiger partial charge in [-0.1, -0.05) is 112 Å². The second kappa shape index (κ2) is 12.4. The molecule has 0 aliphatic heterocycles. The summed E-state index contributed by atoms with van der Waals surface area (Å²) in [5.74, 6) is -0.645. The molecule has 0 saturated heterocycles. The largest absolute Gasteiger partial charge is 0.326 e. The summed E-state index contributed by atoms with van der Waals surface area (Å²) in [4.78, 5) is 27.9. The number of rotatable bonds is 12. The maximum atomic E-state index is 14.0. The Balaban J connectivity index is 1.78. The van der Waals surface area contributed by atoms with E-state index in [0.29, 0.717) is 30.4 Å². The fourth-order valence-electron chi connectivity index (χ4n) is 5.43. The summed E-state index contributed by atoms with van der Waals surface area (Å²) in [6.45, 7) is 4.14. The fraction of sp³-hybridized carbons (Fsp3) is 0.333. The van der Waals surface area contributed by atoms with E-state index in [1.807, 2.05) is 79.7 Å². The Morgan fingerprint density at radius 2 is 1.10 bits per heavy atom. The summed E-state index contributed by atoms with van der Waals surface area (Å²) in [5, 5.41) is 9.91. The van der Waals surface area contributed by atoms with Crippen molar-refractivity contribution < 1.29 is 9.59 Å². The van der Waals surface area contributed by atoms with Gasteiger partial charge in [-0.15, -0.1) is 0 Å². The molecule has 0 atom stereocenters. The Hall–Kier alpha value is -3.74. The molecule has 4 rings (SSSR count). The smallest absolute Gasteiger partial charge is 0.253 e. The quantitative estimate of drug-likeness (QED) is 0.130. The number of fused-ring (bicyclic) bond motifs is 2. The monoisotopic (exact) mass is 524 g/mol. The maximum absolute atomic E-state index is 14.0. The van der Waals surface area contributed by atoms with Crippen LogP contribution in [0.15, 0.2) is 84.9 Å². The van der Waals surface area contributed by atoms with Crippen LogP contribution in [0.25, 0.3) is 21.5 Å². The van der Waals surface area contributed by atoms with Crippen molar-refractivity contribution in [1.82, 2.24) is 10.6 Å². The van der Waals surface area contributed by atoms with E-state index < -0.39 is 11.3 Å². The van der Waals surface area contributed by atoms with Crippen LogP contribution in [0.4, 0.5) is 0 Å². The van der Waals surface area contributed by atoms with Gasteiger partial charge in [0.1, 0.15) is 11.3 Å². The van der Waals surface area contributed by atoms with Crippen molar-refractivity contribution in [2.45, 2.75) is 70.1 Å². The number of unbranched alkanes of at least 4 members (excludes halogenated alkanes) is 3. The molecule has 0 spiro atoms. The normalized spacial score (nSPS) is 12.0. The Bertz CT molecular complexity index is 1340. The first-order valence-electron chi connectivity index (χ1n) is 14.0. The number of carbonyl (C=O) groups is 2. The molecule has 204 valence electrons. The van der Waals surface area contributed by atoms with Gasteiger partial charge in [-0.2, -0.15) is 0 Å². The second-order valence-corrected chi connectivity index (χ2v) is 10.5. The summed E-state index contributed by atoms with van der Waals surface area (Å²) < 4.78 is 0. The van der Waals surface area contributed by atoms with Crippen molar-refractivity contribution in [3.63, 3.8) is 0 Å². The second-order valence-electron chi connectivity index (χ2n) is 10.5. The first-order valence-corrected chi connectivity index (χ1v) is 14.0. The lowest BCUT2D eigenvalue weighted by Crippen LogP contribution is -2.80. The van der Waals surface area contributed by atoms with E-state index in [4.69, 9.17) is 11.5 Å². The molecule has 0 bridgehead atoms. The van der Waals surface area contributed by atoms with Crippen LogP contribution >= 0.6 is 0 Å². The first-order chi connectivity index (χ1) is 18.8. The van der Waals surface area contributed by atoms with Crippen LogP contribution in [-0.2, 0) is 0 Å². The zero-order valence-corrected chi connectivity index (χ0v) is 23.0. The molecule has 0 saturated carbocycles. The average Bonchev–Trinajstić information content (AvgIpc) is 2.94. The Morgan fingerprint density at radius 1 is 0.615 bits per heavy atom. The SMILES string of the molecule is CCCCCCC(NC(=O)c1cccc2ccccc12)(NC(=O)c1cccc2ccccc12)C(N)(N)CCC. The molecular weight excluding hydrogens is 484 g/mol. The third kappa shape index (κ3) is 6.13. The van der Waals surface area contributed by atoms with Gasteiger partial charge < -0.3 is 22.1 Å². The highest BCUT2D eigenvalue weighted by molar-refractivity contribution is 6.09. The van der Waals surface area contributed by atoms with Crippen molar-refractivity contribution in [3.05, 3.63) is 96.1 Å². The minimum absolute atomic E-state index is 0.322. The zero-order valence-electron chi connectivity index (χ0n) is 23.0. The highest BCUT2D eigenvalue weighted by Gasteiger charge is 2.48. The zero-order chi connectivity index (χ0) is 27.9. The number of hydrogen-bond acceptors (Lipinski definition) is 4. The molecule has 0 fully saturated rings. The molecule has 2 amide bonds. The predicted molar refractivity (Wildman–Crippen MR) is 160 cm³/mol. The third-order valence-electron chi connectivity index (χ3n) is 7.59. The van der Waals surface area contributed by atoms with Crippen molar-refractivity contribution in [2.75, 3.05) is 0 Å². The molecule has 6 heteroatoms. The van der Waals surface area contributed by atoms with Gasteiger partial charge >= 0.3 is 0 Å². The van der Waals surface area contributed by atoms with Gasteiger partial charge in [-0.05, 0) is 52.9 Å². The van der Waals surface area contributed by atoms with Crippen LogP contribution in [0.1, 0.15) is 79.5 Å². The Morgan fingerprint density at radius 3 is 1.59 bits per heavy atom. The topological polar surface area (TPSA) is 110 Å². The van der Waals surface area contributed by atoms with Gasteiger partial charge in [0.2, 0.25) is 0 Å². The van der Waals surface area contributed by atoms with Crippen LogP contribution < -0.4 is 22.1 Å². The standard InChI is InChI=1S/C33H40N4O2/c1-3-5-6-11-23-33(32(34,35)22-4-2,36-30(38)28-20-12-16-24-14-7-9-18-26(24)28)37-31(39)29-21-13-17-25-15-8-10-19-27(25)29/h7-10,12-21H,3-6,11,22-23,34-35H2,1-2H3,(H,36,38)(H,37,39). The molecule has 0 aliphatic rings. The third-order valence-corrected chi connectivity index (χ3v) is 7.59. The first kappa shape index (κ1) is 28.3. The van der Waals surface area contributed by atoms with E-state index in [0.717, 1.165) is 47.2 Å². The van der Waals surface area contributed by atoms with Crippen molar-refractivity contribution >= 4 is 33.4 Å². The molecule has 6 nitrogen and oxygen atoms in total. The average molecular weight is 525 g/mol. The minimum atomic E-state index is -1.39. The molecule has 4 aromatic carbocycles. The summed E-state index contributed by atoms with van der Waals surface area (Å²) in [5.41, 5.74) is 11.9. The number of benzene rings is 4. The summed E-state index contributed by atoms with van der Waals surface area (Å²) in [7, 11) is 0. The summed E-state index contributed by atoms with van der Waals surface area (Å²) >= 11 is 0. The van der Waals surface area contributed by atoms with Crippen molar-refractivity contribution in [1.29, 1.82) is 0 Å². The number of amides is 2. The van der Waals surface area contributed by atoms with Crippen LogP contribution in [0.3, 0.4) is 0 Å². The van der Waals surface area contributed by atoms with E-state index in [1.54, 1.807) is 12.1 Å². The van der Waals surface area contributed by atoms with Crippen molar-refractivity contribution in [3.8, 4) is 0 Å². The number of nitrogens with two attached hydrogens (primary N) is 2. The highest BCUT2D eigenvalue weighted by atomic mass is 16.2. The fourth-order valence-corrected chi connectivity index (χ4v) is 5.43. The summed E-state index contributed by atoms with van der Waals surface area (Å²) in [6.07, 6.45) is 5.30. The van der Waals surface area contributed by atoms with Gasteiger partial charge in [0.15, 0.2) is 0 Å². The lowest BCUT2D eigenvalue weighted by Gasteiger charge is -2.47. The molecule has 4 aromatic rings. The Kier molecular flexibility index (Phi) is 9.00. The Labute approximate surface area is 231 Å². The molecule has 0 heterocycles. The molecule has 39 heavy (non-hydrogen) atoms. The van der Waals surface area contributed by atoms with E-state index in [-0.39, 0.29) is 11.8 Å². The van der Waals surface area contributed by atoms with Crippen LogP contribution in [-0.4, -0.2) is 23.1 Å². The van der Waals surface area contributed by atoms with Crippen molar-refractivity contribution in [2.24, 2.45) is 11.5 Å². The van der Waals surface area contributed by atoms with E-state index >= 15 is 0 Å². The maximum Gasteiger partial charge on any atom is 0.253 e. The van der Waals surface area contributed by atoms with E-state index in [2.05, 4.69) is 17.6 Å². The minimum Gasteiger partial charge on any atom is -0.326 e. The highest BCUT2D eigenvalue weighted by Crippen LogP contribution is 2.28. The van der Waals surface area contributed by atoms with Gasteiger partial charge in [0.25, 0.3) is 11.8 Å². The molecule has 0 aromatic heterocycles.